The number of hydrogen-bond acceptors (Lipinski definition) is 6. The second-order valence-electron chi connectivity index (χ2n) is 7.49. The normalized spacial score (nSPS) is 26.2. The van der Waals surface area contributed by atoms with Gasteiger partial charge < -0.3 is 5.32 Å². The van der Waals surface area contributed by atoms with Crippen LogP contribution in [0.4, 0.5) is 5.69 Å². The van der Waals surface area contributed by atoms with Crippen molar-refractivity contribution < 1.29 is 9.72 Å². The molecule has 2 fully saturated rings. The minimum absolute atomic E-state index is 0.0913. The first-order chi connectivity index (χ1) is 14.1. The Labute approximate surface area is 168 Å². The molecule has 1 amide bonds. The van der Waals surface area contributed by atoms with Crippen LogP contribution in [-0.4, -0.2) is 33.9 Å². The topological polar surface area (TPSA) is 109 Å². The number of fused-ring (bicyclic) bond motifs is 1. The molecule has 1 saturated carbocycles. The van der Waals surface area contributed by atoms with Gasteiger partial charge in [0.25, 0.3) is 0 Å². The summed E-state index contributed by atoms with van der Waals surface area (Å²) in [6, 6.07) is 12.3. The molecular weight excluding hydrogens is 370 g/mol. The quantitative estimate of drug-likeness (QED) is 0.532. The Bertz CT molecular complexity index is 918. The molecule has 2 aliphatic rings. The fraction of sp³-hybridized carbons (Fsp3) is 0.333. The maximum absolute atomic E-state index is 12.8. The third-order valence-electron chi connectivity index (χ3n) is 5.59. The number of carbonyl (C=O) groups excluding carboxylic acids is 1. The molecule has 4 atom stereocenters. The number of anilines is 1. The average molecular weight is 393 g/mol. The molecule has 8 heteroatoms. The lowest BCUT2D eigenvalue weighted by molar-refractivity contribution is -0.528. The fourth-order valence-electron chi connectivity index (χ4n) is 4.08. The second-order valence-corrected chi connectivity index (χ2v) is 7.49. The number of nitrogens with one attached hydrogen (secondary N) is 3. The van der Waals surface area contributed by atoms with Crippen molar-refractivity contribution in [3.05, 3.63) is 70.0 Å². The van der Waals surface area contributed by atoms with Gasteiger partial charge in [0.15, 0.2) is 0 Å². The maximum atomic E-state index is 12.8. The summed E-state index contributed by atoms with van der Waals surface area (Å²) in [6.07, 6.45) is 7.23. The summed E-state index contributed by atoms with van der Waals surface area (Å²) < 4.78 is 0. The van der Waals surface area contributed by atoms with Crippen LogP contribution in [0.3, 0.4) is 0 Å². The van der Waals surface area contributed by atoms with Crippen LogP contribution in [0.1, 0.15) is 30.5 Å². The maximum Gasteiger partial charge on any atom is 0.243 e. The molecule has 1 aromatic carbocycles. The summed E-state index contributed by atoms with van der Waals surface area (Å²) in [5.41, 5.74) is 8.64. The number of carbonyl (C=O) groups is 1. The zero-order valence-corrected chi connectivity index (χ0v) is 15.8. The van der Waals surface area contributed by atoms with Gasteiger partial charge in [-0.05, 0) is 42.3 Å². The number of hydrogen-bond donors (Lipinski definition) is 3. The minimum atomic E-state index is -0.576. The summed E-state index contributed by atoms with van der Waals surface area (Å²) in [6.45, 7) is 0. The van der Waals surface area contributed by atoms with Gasteiger partial charge in [-0.25, -0.2) is 5.43 Å². The van der Waals surface area contributed by atoms with Crippen LogP contribution in [-0.2, 0) is 4.79 Å². The van der Waals surface area contributed by atoms with Crippen LogP contribution in [0.2, 0.25) is 0 Å². The molecule has 3 N–H and O–H groups in total. The van der Waals surface area contributed by atoms with Crippen molar-refractivity contribution in [3.8, 4) is 0 Å². The lowest BCUT2D eigenvalue weighted by atomic mass is 9.79. The van der Waals surface area contributed by atoms with Gasteiger partial charge in [0, 0.05) is 41.6 Å². The number of pyridine rings is 1. The molecule has 1 saturated heterocycles. The molecule has 8 nitrogen and oxygen atoms in total. The van der Waals surface area contributed by atoms with Gasteiger partial charge in [0.1, 0.15) is 6.04 Å². The molecule has 0 spiro atoms. The minimum Gasteiger partial charge on any atom is -0.325 e. The Morgan fingerprint density at radius 2 is 2.07 bits per heavy atom. The molecule has 2 heterocycles. The Morgan fingerprint density at radius 3 is 2.86 bits per heavy atom. The SMILES string of the molecule is O=C(Nc1cccc(/C=C/c2ccccn2)c1)C1NNC2CCC([N+](=O)[O-])CC21. The molecule has 1 aliphatic heterocycles. The van der Waals surface area contributed by atoms with Crippen molar-refractivity contribution >= 4 is 23.7 Å². The van der Waals surface area contributed by atoms with Gasteiger partial charge >= 0.3 is 0 Å². The van der Waals surface area contributed by atoms with E-state index in [-0.39, 0.29) is 22.8 Å². The highest BCUT2D eigenvalue weighted by Gasteiger charge is 2.46. The molecule has 29 heavy (non-hydrogen) atoms. The average Bonchev–Trinajstić information content (AvgIpc) is 3.17. The first-order valence-electron chi connectivity index (χ1n) is 9.75. The van der Waals surface area contributed by atoms with E-state index in [1.165, 1.54) is 0 Å². The molecule has 0 radical (unpaired) electrons. The molecule has 2 aromatic rings. The summed E-state index contributed by atoms with van der Waals surface area (Å²) >= 11 is 0. The highest BCUT2D eigenvalue weighted by molar-refractivity contribution is 5.95. The van der Waals surface area contributed by atoms with Crippen LogP contribution in [0.5, 0.6) is 0 Å². The van der Waals surface area contributed by atoms with E-state index >= 15 is 0 Å². The van der Waals surface area contributed by atoms with Crippen LogP contribution in [0.15, 0.2) is 48.7 Å². The van der Waals surface area contributed by atoms with Crippen LogP contribution >= 0.6 is 0 Å². The number of hydrazine groups is 1. The summed E-state index contributed by atoms with van der Waals surface area (Å²) in [5.74, 6) is -0.272. The summed E-state index contributed by atoms with van der Waals surface area (Å²) in [5, 5.41) is 14.1. The third kappa shape index (κ3) is 4.49. The third-order valence-corrected chi connectivity index (χ3v) is 5.59. The van der Waals surface area contributed by atoms with E-state index in [1.807, 2.05) is 54.6 Å². The van der Waals surface area contributed by atoms with Crippen molar-refractivity contribution in [1.29, 1.82) is 0 Å². The smallest absolute Gasteiger partial charge is 0.243 e. The largest absolute Gasteiger partial charge is 0.325 e. The van der Waals surface area contributed by atoms with Crippen molar-refractivity contribution in [2.75, 3.05) is 5.32 Å². The predicted molar refractivity (Wildman–Crippen MR) is 110 cm³/mol. The first kappa shape index (κ1) is 19.2. The zero-order valence-electron chi connectivity index (χ0n) is 15.8. The number of nitrogens with zero attached hydrogens (tertiary/aromatic N) is 2. The number of nitro groups is 1. The fourth-order valence-corrected chi connectivity index (χ4v) is 4.08. The highest BCUT2D eigenvalue weighted by atomic mass is 16.6. The van der Waals surface area contributed by atoms with Crippen molar-refractivity contribution in [2.24, 2.45) is 5.92 Å². The summed E-state index contributed by atoms with van der Waals surface area (Å²) in [7, 11) is 0. The van der Waals surface area contributed by atoms with Gasteiger partial charge in [0.05, 0.1) is 5.69 Å². The lowest BCUT2D eigenvalue weighted by Gasteiger charge is -2.28. The van der Waals surface area contributed by atoms with Gasteiger partial charge in [-0.15, -0.1) is 0 Å². The van der Waals surface area contributed by atoms with E-state index in [1.54, 1.807) is 6.20 Å². The van der Waals surface area contributed by atoms with Crippen LogP contribution in [0, 0.1) is 16.0 Å². The van der Waals surface area contributed by atoms with Gasteiger partial charge in [-0.3, -0.25) is 25.3 Å². The highest BCUT2D eigenvalue weighted by Crippen LogP contribution is 2.32. The Balaban J connectivity index is 1.42. The Hall–Kier alpha value is -3.10. The van der Waals surface area contributed by atoms with Gasteiger partial charge in [0.2, 0.25) is 11.9 Å². The number of amides is 1. The van der Waals surface area contributed by atoms with Crippen molar-refractivity contribution in [2.45, 2.75) is 37.4 Å². The molecule has 150 valence electrons. The van der Waals surface area contributed by atoms with E-state index in [0.717, 1.165) is 11.3 Å². The van der Waals surface area contributed by atoms with Crippen molar-refractivity contribution in [1.82, 2.24) is 15.8 Å². The van der Waals surface area contributed by atoms with E-state index in [2.05, 4.69) is 21.2 Å². The van der Waals surface area contributed by atoms with Crippen LogP contribution in [0.25, 0.3) is 12.2 Å². The summed E-state index contributed by atoms with van der Waals surface area (Å²) in [4.78, 5) is 28.0. The molecule has 1 aromatic heterocycles. The molecule has 4 rings (SSSR count). The zero-order chi connectivity index (χ0) is 20.2. The molecule has 0 bridgehead atoms. The van der Waals surface area contributed by atoms with Gasteiger partial charge in [-0.1, -0.05) is 24.3 Å². The first-order valence-corrected chi connectivity index (χ1v) is 9.75. The predicted octanol–water partition coefficient (Wildman–Crippen LogP) is 2.48. The molecular formula is C21H23N5O3. The number of benzene rings is 1. The Kier molecular flexibility index (Phi) is 5.64. The Morgan fingerprint density at radius 1 is 1.17 bits per heavy atom. The molecule has 1 aliphatic carbocycles. The van der Waals surface area contributed by atoms with Gasteiger partial charge in [-0.2, -0.15) is 0 Å². The van der Waals surface area contributed by atoms with E-state index in [0.29, 0.717) is 24.9 Å². The van der Waals surface area contributed by atoms with E-state index in [4.69, 9.17) is 0 Å². The van der Waals surface area contributed by atoms with Crippen molar-refractivity contribution in [3.63, 3.8) is 0 Å². The van der Waals surface area contributed by atoms with Crippen LogP contribution < -0.4 is 16.2 Å². The lowest BCUT2D eigenvalue weighted by Crippen LogP contribution is -2.44. The van der Waals surface area contributed by atoms with E-state index in [9.17, 15) is 14.9 Å². The monoisotopic (exact) mass is 393 g/mol. The second kappa shape index (κ2) is 8.50. The molecule has 4 unspecified atom stereocenters. The number of aromatic nitrogens is 1. The van der Waals surface area contributed by atoms with E-state index < -0.39 is 12.1 Å². The standard InChI is InChI=1S/C21H23N5O3/c27-21(20-18-13-17(26(28)29)9-10-19(18)24-25-20)23-16-6-3-4-14(12-16)7-8-15-5-1-2-11-22-15/h1-8,11-12,17-20,24-25H,9-10,13H2,(H,23,27)/b8-7+. The number of rotatable bonds is 5.